The first-order valence-electron chi connectivity index (χ1n) is 15.4. The summed E-state index contributed by atoms with van der Waals surface area (Å²) in [7, 11) is 0. The van der Waals surface area contributed by atoms with Crippen molar-refractivity contribution in [3.63, 3.8) is 0 Å². The average molecular weight is 591 g/mol. The van der Waals surface area contributed by atoms with E-state index in [4.69, 9.17) is 0 Å². The number of para-hydroxylation sites is 4. The standard InChI is InChI=1S/C42H26N2S/c1-2-13-28(14-3-1)44-38-22-8-4-16-31(38)34-20-11-19-30(42(34)44)27-12-10-15-29(24-27)43-37-21-7-5-17-32(37)35-26-41-36(25-39(35)43)33-18-6-9-23-40(33)45-41/h1-26H. The van der Waals surface area contributed by atoms with Crippen molar-refractivity contribution in [2.45, 2.75) is 0 Å². The van der Waals surface area contributed by atoms with Crippen LogP contribution in [0.1, 0.15) is 0 Å². The zero-order valence-corrected chi connectivity index (χ0v) is 25.1. The van der Waals surface area contributed by atoms with Gasteiger partial charge in [-0.25, -0.2) is 0 Å². The maximum Gasteiger partial charge on any atom is 0.0619 e. The van der Waals surface area contributed by atoms with E-state index in [1.807, 2.05) is 11.3 Å². The van der Waals surface area contributed by atoms with Crippen LogP contribution < -0.4 is 0 Å². The van der Waals surface area contributed by atoms with Crippen LogP contribution in [0.3, 0.4) is 0 Å². The summed E-state index contributed by atoms with van der Waals surface area (Å²) in [6, 6.07) is 57.7. The summed E-state index contributed by atoms with van der Waals surface area (Å²) in [4.78, 5) is 0. The second-order valence-corrected chi connectivity index (χ2v) is 12.8. The molecular weight excluding hydrogens is 565 g/mol. The van der Waals surface area contributed by atoms with Crippen LogP contribution in [0.5, 0.6) is 0 Å². The topological polar surface area (TPSA) is 9.86 Å². The van der Waals surface area contributed by atoms with Crippen molar-refractivity contribution in [1.29, 1.82) is 0 Å². The molecule has 45 heavy (non-hydrogen) atoms. The Labute approximate surface area is 263 Å². The number of thiophene rings is 1. The molecule has 10 aromatic rings. The fourth-order valence-electron chi connectivity index (χ4n) is 7.37. The average Bonchev–Trinajstić information content (AvgIpc) is 3.75. The fraction of sp³-hybridized carbons (Fsp3) is 0. The maximum absolute atomic E-state index is 2.45. The van der Waals surface area contributed by atoms with Crippen molar-refractivity contribution in [1.82, 2.24) is 9.13 Å². The zero-order chi connectivity index (χ0) is 29.5. The molecule has 0 radical (unpaired) electrons. The molecule has 0 bridgehead atoms. The van der Waals surface area contributed by atoms with Crippen molar-refractivity contribution in [2.75, 3.05) is 0 Å². The quantitative estimate of drug-likeness (QED) is 0.194. The van der Waals surface area contributed by atoms with Gasteiger partial charge in [-0.3, -0.25) is 0 Å². The van der Waals surface area contributed by atoms with E-state index in [0.29, 0.717) is 0 Å². The fourth-order valence-corrected chi connectivity index (χ4v) is 8.50. The third kappa shape index (κ3) is 3.56. The molecular formula is C42H26N2S. The molecule has 210 valence electrons. The van der Waals surface area contributed by atoms with Gasteiger partial charge in [0.05, 0.1) is 22.1 Å². The molecule has 7 aromatic carbocycles. The molecule has 3 heterocycles. The van der Waals surface area contributed by atoms with E-state index < -0.39 is 0 Å². The molecule has 0 aliphatic heterocycles. The van der Waals surface area contributed by atoms with E-state index in [1.165, 1.54) is 80.6 Å². The van der Waals surface area contributed by atoms with Crippen LogP contribution in [0.2, 0.25) is 0 Å². The Bertz CT molecular complexity index is 2760. The van der Waals surface area contributed by atoms with E-state index >= 15 is 0 Å². The summed E-state index contributed by atoms with van der Waals surface area (Å²) in [6.45, 7) is 0. The molecule has 0 aliphatic carbocycles. The van der Waals surface area contributed by atoms with Crippen molar-refractivity contribution in [2.24, 2.45) is 0 Å². The van der Waals surface area contributed by atoms with Crippen molar-refractivity contribution < 1.29 is 0 Å². The van der Waals surface area contributed by atoms with Crippen LogP contribution in [-0.4, -0.2) is 9.13 Å². The Morgan fingerprint density at radius 3 is 1.84 bits per heavy atom. The monoisotopic (exact) mass is 590 g/mol. The first kappa shape index (κ1) is 24.8. The van der Waals surface area contributed by atoms with Crippen molar-refractivity contribution >= 4 is 75.1 Å². The summed E-state index contributed by atoms with van der Waals surface area (Å²) in [5.41, 5.74) is 9.67. The first-order valence-corrected chi connectivity index (χ1v) is 16.2. The van der Waals surface area contributed by atoms with Crippen LogP contribution >= 0.6 is 11.3 Å². The Morgan fingerprint density at radius 1 is 0.356 bits per heavy atom. The minimum atomic E-state index is 1.16. The van der Waals surface area contributed by atoms with Crippen molar-refractivity contribution in [3.8, 4) is 22.5 Å². The van der Waals surface area contributed by atoms with Gasteiger partial charge in [-0.15, -0.1) is 11.3 Å². The minimum absolute atomic E-state index is 1.16. The third-order valence-corrected chi connectivity index (χ3v) is 10.4. The summed E-state index contributed by atoms with van der Waals surface area (Å²) in [5, 5.41) is 7.75. The normalized spacial score (nSPS) is 12.0. The molecule has 0 unspecified atom stereocenters. The first-order chi connectivity index (χ1) is 22.3. The molecule has 0 N–H and O–H groups in total. The third-order valence-electron chi connectivity index (χ3n) is 9.30. The summed E-state index contributed by atoms with van der Waals surface area (Å²) < 4.78 is 7.54. The second-order valence-electron chi connectivity index (χ2n) is 11.8. The zero-order valence-electron chi connectivity index (χ0n) is 24.3. The maximum atomic E-state index is 2.45. The summed E-state index contributed by atoms with van der Waals surface area (Å²) in [6.07, 6.45) is 0. The number of hydrogen-bond acceptors (Lipinski definition) is 1. The lowest BCUT2D eigenvalue weighted by Crippen LogP contribution is -1.96. The van der Waals surface area contributed by atoms with Crippen LogP contribution in [0.4, 0.5) is 0 Å². The summed E-state index contributed by atoms with van der Waals surface area (Å²) in [5.74, 6) is 0. The van der Waals surface area contributed by atoms with Crippen molar-refractivity contribution in [3.05, 3.63) is 158 Å². The minimum Gasteiger partial charge on any atom is -0.309 e. The number of nitrogens with zero attached hydrogens (tertiary/aromatic N) is 2. The van der Waals surface area contributed by atoms with Gasteiger partial charge in [0.1, 0.15) is 0 Å². The number of hydrogen-bond donors (Lipinski definition) is 0. The Kier molecular flexibility index (Phi) is 5.19. The lowest BCUT2D eigenvalue weighted by Gasteiger charge is -2.14. The molecule has 0 saturated heterocycles. The molecule has 0 atom stereocenters. The number of fused-ring (bicyclic) bond motifs is 9. The molecule has 2 nitrogen and oxygen atoms in total. The van der Waals surface area contributed by atoms with E-state index in [2.05, 4.69) is 167 Å². The highest BCUT2D eigenvalue weighted by molar-refractivity contribution is 7.25. The smallest absolute Gasteiger partial charge is 0.0619 e. The van der Waals surface area contributed by atoms with Gasteiger partial charge >= 0.3 is 0 Å². The van der Waals surface area contributed by atoms with Crippen LogP contribution in [0.15, 0.2) is 158 Å². The molecule has 3 aromatic heterocycles. The number of rotatable bonds is 3. The van der Waals surface area contributed by atoms with Gasteiger partial charge in [0.2, 0.25) is 0 Å². The highest BCUT2D eigenvalue weighted by Gasteiger charge is 2.18. The predicted molar refractivity (Wildman–Crippen MR) is 193 cm³/mol. The number of benzene rings is 7. The van der Waals surface area contributed by atoms with Crippen LogP contribution in [-0.2, 0) is 0 Å². The van der Waals surface area contributed by atoms with Crippen LogP contribution in [0.25, 0.3) is 86.3 Å². The molecule has 0 saturated carbocycles. The van der Waals surface area contributed by atoms with Gasteiger partial charge < -0.3 is 9.13 Å². The molecule has 0 aliphatic rings. The number of aromatic nitrogens is 2. The van der Waals surface area contributed by atoms with Crippen LogP contribution in [0, 0.1) is 0 Å². The SMILES string of the molecule is c1ccc(-n2c3ccccc3c3cccc(-c4cccc(-n5c6ccccc6c6cc7sc8ccccc8c7cc65)c4)c32)cc1. The largest absolute Gasteiger partial charge is 0.309 e. The van der Waals surface area contributed by atoms with E-state index in [9.17, 15) is 0 Å². The molecule has 0 fully saturated rings. The second kappa shape index (κ2) is 9.43. The van der Waals surface area contributed by atoms with Gasteiger partial charge in [-0.05, 0) is 60.2 Å². The lowest BCUT2D eigenvalue weighted by molar-refractivity contribution is 1.17. The highest BCUT2D eigenvalue weighted by Crippen LogP contribution is 2.42. The highest BCUT2D eigenvalue weighted by atomic mass is 32.1. The van der Waals surface area contributed by atoms with E-state index in [-0.39, 0.29) is 0 Å². The molecule has 10 rings (SSSR count). The Morgan fingerprint density at radius 2 is 1.00 bits per heavy atom. The van der Waals surface area contributed by atoms with Gasteiger partial charge in [0.15, 0.2) is 0 Å². The Hall–Kier alpha value is -5.64. The molecule has 0 spiro atoms. The molecule has 3 heteroatoms. The van der Waals surface area contributed by atoms with Gasteiger partial charge in [-0.2, -0.15) is 0 Å². The lowest BCUT2D eigenvalue weighted by atomic mass is 10.0. The van der Waals surface area contributed by atoms with E-state index in [1.54, 1.807) is 0 Å². The summed E-state index contributed by atoms with van der Waals surface area (Å²) >= 11 is 1.88. The Balaban J connectivity index is 1.26. The van der Waals surface area contributed by atoms with Gasteiger partial charge in [0, 0.05) is 58.7 Å². The van der Waals surface area contributed by atoms with Gasteiger partial charge in [0.25, 0.3) is 0 Å². The van der Waals surface area contributed by atoms with Gasteiger partial charge in [-0.1, -0.05) is 103 Å². The molecule has 0 amide bonds. The predicted octanol–water partition coefficient (Wildman–Crippen LogP) is 11.9. The van der Waals surface area contributed by atoms with E-state index in [0.717, 1.165) is 5.69 Å².